The maximum atomic E-state index is 12.6. The Labute approximate surface area is 129 Å². The van der Waals surface area contributed by atoms with E-state index in [1.165, 1.54) is 11.4 Å². The van der Waals surface area contributed by atoms with Gasteiger partial charge in [-0.25, -0.2) is 8.42 Å². The minimum absolute atomic E-state index is 0.0454. The second-order valence-corrected chi connectivity index (χ2v) is 7.13. The van der Waals surface area contributed by atoms with Crippen LogP contribution in [-0.4, -0.2) is 37.0 Å². The van der Waals surface area contributed by atoms with Crippen molar-refractivity contribution in [1.82, 2.24) is 14.4 Å². The number of aryl methyl sites for hydroxylation is 3. The van der Waals surface area contributed by atoms with E-state index in [1.807, 2.05) is 13.8 Å². The number of nitrogens with zero attached hydrogens (tertiary/aromatic N) is 3. The standard InChI is InChI=1S/C14H19N3O4S/c1-9-6-12(7-10(2)14(9)20-5)22(18,19)17(4)8-13-15-11(3)21-16-13/h6-7H,8H2,1-5H3. The molecule has 2 aromatic rings. The van der Waals surface area contributed by atoms with Gasteiger partial charge in [-0.15, -0.1) is 0 Å². The number of rotatable bonds is 5. The lowest BCUT2D eigenvalue weighted by Gasteiger charge is -2.17. The molecule has 22 heavy (non-hydrogen) atoms. The average Bonchev–Trinajstić information content (AvgIpc) is 2.83. The number of hydrogen-bond acceptors (Lipinski definition) is 6. The van der Waals surface area contributed by atoms with Crippen LogP contribution < -0.4 is 4.74 Å². The minimum Gasteiger partial charge on any atom is -0.496 e. The van der Waals surface area contributed by atoms with E-state index in [2.05, 4.69) is 10.1 Å². The number of methoxy groups -OCH3 is 1. The SMILES string of the molecule is COc1c(C)cc(S(=O)(=O)N(C)Cc2noc(C)n2)cc1C. The molecule has 2 rings (SSSR count). The van der Waals surface area contributed by atoms with Crippen LogP contribution in [0.5, 0.6) is 5.75 Å². The van der Waals surface area contributed by atoms with Crippen molar-refractivity contribution in [3.05, 3.63) is 35.0 Å². The van der Waals surface area contributed by atoms with Gasteiger partial charge in [0.15, 0.2) is 5.82 Å². The van der Waals surface area contributed by atoms with E-state index in [0.717, 1.165) is 11.1 Å². The van der Waals surface area contributed by atoms with Crippen molar-refractivity contribution in [3.63, 3.8) is 0 Å². The summed E-state index contributed by atoms with van der Waals surface area (Å²) in [6.45, 7) is 5.33. The van der Waals surface area contributed by atoms with Crippen LogP contribution in [-0.2, 0) is 16.6 Å². The first-order chi connectivity index (χ1) is 10.3. The lowest BCUT2D eigenvalue weighted by molar-refractivity contribution is 0.377. The van der Waals surface area contributed by atoms with Crippen LogP contribution in [0.4, 0.5) is 0 Å². The summed E-state index contributed by atoms with van der Waals surface area (Å²) in [6, 6.07) is 3.19. The molecule has 0 fully saturated rings. The molecule has 120 valence electrons. The van der Waals surface area contributed by atoms with Gasteiger partial charge in [-0.3, -0.25) is 0 Å². The van der Waals surface area contributed by atoms with Crippen LogP contribution in [0.25, 0.3) is 0 Å². The zero-order valence-corrected chi connectivity index (χ0v) is 14.1. The summed E-state index contributed by atoms with van der Waals surface area (Å²) >= 11 is 0. The van der Waals surface area contributed by atoms with Gasteiger partial charge in [-0.05, 0) is 37.1 Å². The molecule has 0 aliphatic rings. The lowest BCUT2D eigenvalue weighted by atomic mass is 10.1. The maximum Gasteiger partial charge on any atom is 0.243 e. The molecule has 0 bridgehead atoms. The van der Waals surface area contributed by atoms with Gasteiger partial charge in [-0.1, -0.05) is 5.16 Å². The fourth-order valence-corrected chi connectivity index (χ4v) is 3.55. The zero-order valence-electron chi connectivity index (χ0n) is 13.2. The highest BCUT2D eigenvalue weighted by Crippen LogP contribution is 2.28. The molecule has 8 heteroatoms. The molecule has 0 N–H and O–H groups in total. The molecular formula is C14H19N3O4S. The third-order valence-electron chi connectivity index (χ3n) is 3.28. The van der Waals surface area contributed by atoms with E-state index >= 15 is 0 Å². The molecule has 0 aliphatic carbocycles. The Balaban J connectivity index is 2.33. The van der Waals surface area contributed by atoms with Crippen molar-refractivity contribution in [2.75, 3.05) is 14.2 Å². The zero-order chi connectivity index (χ0) is 16.5. The van der Waals surface area contributed by atoms with Gasteiger partial charge < -0.3 is 9.26 Å². The van der Waals surface area contributed by atoms with E-state index < -0.39 is 10.0 Å². The van der Waals surface area contributed by atoms with Crippen molar-refractivity contribution in [3.8, 4) is 5.75 Å². The summed E-state index contributed by atoms with van der Waals surface area (Å²) in [7, 11) is -0.596. The normalized spacial score (nSPS) is 11.9. The van der Waals surface area contributed by atoms with Crippen molar-refractivity contribution >= 4 is 10.0 Å². The van der Waals surface area contributed by atoms with Crippen LogP contribution >= 0.6 is 0 Å². The van der Waals surface area contributed by atoms with Gasteiger partial charge >= 0.3 is 0 Å². The van der Waals surface area contributed by atoms with E-state index in [4.69, 9.17) is 9.26 Å². The molecule has 7 nitrogen and oxygen atoms in total. The molecule has 1 aromatic carbocycles. The van der Waals surface area contributed by atoms with Crippen LogP contribution in [0.2, 0.25) is 0 Å². The smallest absolute Gasteiger partial charge is 0.243 e. The number of sulfonamides is 1. The van der Waals surface area contributed by atoms with Gasteiger partial charge in [0.1, 0.15) is 5.75 Å². The van der Waals surface area contributed by atoms with Crippen LogP contribution in [0, 0.1) is 20.8 Å². The van der Waals surface area contributed by atoms with Crippen LogP contribution in [0.1, 0.15) is 22.8 Å². The van der Waals surface area contributed by atoms with E-state index in [1.54, 1.807) is 26.2 Å². The Morgan fingerprint density at radius 2 is 1.82 bits per heavy atom. The van der Waals surface area contributed by atoms with Gasteiger partial charge in [0, 0.05) is 14.0 Å². The average molecular weight is 325 g/mol. The molecule has 1 heterocycles. The molecule has 0 aliphatic heterocycles. The number of benzene rings is 1. The monoisotopic (exact) mass is 325 g/mol. The molecule has 0 amide bonds. The van der Waals surface area contributed by atoms with Crippen molar-refractivity contribution in [1.29, 1.82) is 0 Å². The Morgan fingerprint density at radius 1 is 1.23 bits per heavy atom. The van der Waals surface area contributed by atoms with Crippen LogP contribution in [0.3, 0.4) is 0 Å². The van der Waals surface area contributed by atoms with Gasteiger partial charge in [0.25, 0.3) is 0 Å². The summed E-state index contributed by atoms with van der Waals surface area (Å²) in [6.07, 6.45) is 0. The number of ether oxygens (including phenoxy) is 1. The number of aromatic nitrogens is 2. The lowest BCUT2D eigenvalue weighted by Crippen LogP contribution is -2.27. The summed E-state index contributed by atoms with van der Waals surface area (Å²) in [5, 5.41) is 3.71. The van der Waals surface area contributed by atoms with Gasteiger partial charge in [-0.2, -0.15) is 9.29 Å². The molecular weight excluding hydrogens is 306 g/mol. The second kappa shape index (κ2) is 6.05. The molecule has 0 saturated carbocycles. The Hall–Kier alpha value is -1.93. The molecule has 1 aromatic heterocycles. The third kappa shape index (κ3) is 3.12. The predicted molar refractivity (Wildman–Crippen MR) is 80.2 cm³/mol. The first-order valence-electron chi connectivity index (χ1n) is 6.66. The summed E-state index contributed by atoms with van der Waals surface area (Å²) in [4.78, 5) is 4.23. The van der Waals surface area contributed by atoms with Gasteiger partial charge in [0.2, 0.25) is 15.9 Å². The molecule has 0 saturated heterocycles. The largest absolute Gasteiger partial charge is 0.496 e. The summed E-state index contributed by atoms with van der Waals surface area (Å²) in [5.74, 6) is 1.41. The van der Waals surface area contributed by atoms with E-state index in [-0.39, 0.29) is 11.4 Å². The van der Waals surface area contributed by atoms with E-state index in [9.17, 15) is 8.42 Å². The highest BCUT2D eigenvalue weighted by molar-refractivity contribution is 7.89. The summed E-state index contributed by atoms with van der Waals surface area (Å²) in [5.41, 5.74) is 1.54. The van der Waals surface area contributed by atoms with Crippen molar-refractivity contribution in [2.24, 2.45) is 0 Å². The Morgan fingerprint density at radius 3 is 2.27 bits per heavy atom. The minimum atomic E-state index is -3.64. The first kappa shape index (κ1) is 16.4. The van der Waals surface area contributed by atoms with Gasteiger partial charge in [0.05, 0.1) is 18.6 Å². The second-order valence-electron chi connectivity index (χ2n) is 5.08. The molecule has 0 radical (unpaired) electrons. The first-order valence-corrected chi connectivity index (χ1v) is 8.10. The quantitative estimate of drug-likeness (QED) is 0.833. The van der Waals surface area contributed by atoms with Crippen molar-refractivity contribution in [2.45, 2.75) is 32.2 Å². The highest BCUT2D eigenvalue weighted by Gasteiger charge is 2.24. The maximum absolute atomic E-state index is 12.6. The molecule has 0 atom stereocenters. The van der Waals surface area contributed by atoms with Crippen LogP contribution in [0.15, 0.2) is 21.6 Å². The van der Waals surface area contributed by atoms with Crippen molar-refractivity contribution < 1.29 is 17.7 Å². The Bertz CT molecular complexity index is 760. The summed E-state index contributed by atoms with van der Waals surface area (Å²) < 4.78 is 36.6. The molecule has 0 spiro atoms. The number of hydrogen-bond donors (Lipinski definition) is 0. The predicted octanol–water partition coefficient (Wildman–Crippen LogP) is 1.82. The fourth-order valence-electron chi connectivity index (χ4n) is 2.25. The third-order valence-corrected chi connectivity index (χ3v) is 5.06. The molecule has 0 unspecified atom stereocenters. The Kier molecular flexibility index (Phi) is 4.52. The van der Waals surface area contributed by atoms with E-state index in [0.29, 0.717) is 17.5 Å². The fraction of sp³-hybridized carbons (Fsp3) is 0.429. The topological polar surface area (TPSA) is 85.5 Å². The highest BCUT2D eigenvalue weighted by atomic mass is 32.2.